The van der Waals surface area contributed by atoms with Crippen molar-refractivity contribution in [1.29, 1.82) is 0 Å². The topological polar surface area (TPSA) is 9.23 Å². The van der Waals surface area contributed by atoms with Gasteiger partial charge in [-0.15, -0.1) is 24.8 Å². The lowest BCUT2D eigenvalue weighted by Crippen LogP contribution is -2.17. The lowest BCUT2D eigenvalue weighted by molar-refractivity contribution is -0.274. The van der Waals surface area contributed by atoms with Crippen LogP contribution in [0.4, 0.5) is 13.2 Å². The first-order valence-corrected chi connectivity index (χ1v) is 5.98. The van der Waals surface area contributed by atoms with Crippen LogP contribution in [-0.2, 0) is 0 Å². The lowest BCUT2D eigenvalue weighted by atomic mass is 10.0. The Labute approximate surface area is 109 Å². The van der Waals surface area contributed by atoms with Gasteiger partial charge in [0.2, 0.25) is 0 Å². The van der Waals surface area contributed by atoms with E-state index in [4.69, 9.17) is 11.6 Å². The Morgan fingerprint density at radius 3 is 2.44 bits per heavy atom. The molecule has 1 nitrogen and oxygen atoms in total. The van der Waals surface area contributed by atoms with Crippen LogP contribution in [0.2, 0.25) is 0 Å². The zero-order chi connectivity index (χ0) is 13.8. The van der Waals surface area contributed by atoms with Gasteiger partial charge in [0, 0.05) is 11.4 Å². The molecule has 0 aliphatic heterocycles. The summed E-state index contributed by atoms with van der Waals surface area (Å²) in [5.41, 5.74) is 1.23. The van der Waals surface area contributed by atoms with Crippen LogP contribution in [0.1, 0.15) is 19.4 Å². The molecule has 0 bridgehead atoms. The minimum Gasteiger partial charge on any atom is -0.405 e. The summed E-state index contributed by atoms with van der Waals surface area (Å²) in [5, 5.41) is 0. The quantitative estimate of drug-likeness (QED) is 0.715. The number of benzene rings is 1. The summed E-state index contributed by atoms with van der Waals surface area (Å²) in [6.45, 7) is 3.86. The van der Waals surface area contributed by atoms with Gasteiger partial charge in [-0.3, -0.25) is 0 Å². The zero-order valence-electron chi connectivity index (χ0n) is 10.1. The molecule has 0 fully saturated rings. The molecule has 0 unspecified atom stereocenters. The highest BCUT2D eigenvalue weighted by Gasteiger charge is 2.31. The summed E-state index contributed by atoms with van der Waals surface area (Å²) in [6, 6.07) is 6.00. The Kier molecular flexibility index (Phi) is 5.08. The fraction of sp³-hybridized carbons (Fsp3) is 0.385. The number of ether oxygens (including phenoxy) is 1. The lowest BCUT2D eigenvalue weighted by Gasteiger charge is -2.13. The fourth-order valence-electron chi connectivity index (χ4n) is 1.38. The van der Waals surface area contributed by atoms with Gasteiger partial charge in [-0.25, -0.2) is 0 Å². The molecule has 0 N–H and O–H groups in total. The van der Waals surface area contributed by atoms with E-state index in [-0.39, 0.29) is 17.5 Å². The highest BCUT2D eigenvalue weighted by Crippen LogP contribution is 2.28. The van der Waals surface area contributed by atoms with Crippen molar-refractivity contribution in [2.45, 2.75) is 20.2 Å². The molecule has 1 aromatic carbocycles. The van der Waals surface area contributed by atoms with Crippen molar-refractivity contribution < 1.29 is 17.9 Å². The van der Waals surface area contributed by atoms with Crippen molar-refractivity contribution in [1.82, 2.24) is 0 Å². The monoisotopic (exact) mass is 278 g/mol. The SMILES string of the molecule is CC(C)C(=Cc1ccccc1OC(F)(F)F)CCl. The van der Waals surface area contributed by atoms with Crippen LogP contribution in [0.5, 0.6) is 5.75 Å². The highest BCUT2D eigenvalue weighted by atomic mass is 35.5. The first-order valence-electron chi connectivity index (χ1n) is 5.44. The second-order valence-corrected chi connectivity index (χ2v) is 4.36. The highest BCUT2D eigenvalue weighted by molar-refractivity contribution is 6.19. The Hall–Kier alpha value is -1.16. The summed E-state index contributed by atoms with van der Waals surface area (Å²) >= 11 is 5.77. The summed E-state index contributed by atoms with van der Waals surface area (Å²) in [5.74, 6) is 0.229. The van der Waals surface area contributed by atoms with Crippen molar-refractivity contribution >= 4 is 17.7 Å². The molecule has 18 heavy (non-hydrogen) atoms. The van der Waals surface area contributed by atoms with E-state index in [1.165, 1.54) is 12.1 Å². The second kappa shape index (κ2) is 6.14. The van der Waals surface area contributed by atoms with Crippen LogP contribution in [0.3, 0.4) is 0 Å². The molecule has 0 atom stereocenters. The summed E-state index contributed by atoms with van der Waals surface area (Å²) in [7, 11) is 0. The Bertz CT molecular complexity index is 424. The molecule has 0 radical (unpaired) electrons. The van der Waals surface area contributed by atoms with Gasteiger partial charge in [0.25, 0.3) is 0 Å². The maximum absolute atomic E-state index is 12.2. The smallest absolute Gasteiger partial charge is 0.405 e. The maximum atomic E-state index is 12.2. The van der Waals surface area contributed by atoms with Gasteiger partial charge >= 0.3 is 6.36 Å². The van der Waals surface area contributed by atoms with E-state index in [2.05, 4.69) is 4.74 Å². The van der Waals surface area contributed by atoms with Crippen LogP contribution in [-0.4, -0.2) is 12.2 Å². The molecule has 0 aliphatic carbocycles. The number of hydrogen-bond acceptors (Lipinski definition) is 1. The van der Waals surface area contributed by atoms with Gasteiger partial charge < -0.3 is 4.74 Å². The molecule has 0 saturated carbocycles. The molecule has 0 spiro atoms. The third-order valence-electron chi connectivity index (χ3n) is 2.38. The van der Waals surface area contributed by atoms with Gasteiger partial charge in [0.05, 0.1) is 0 Å². The summed E-state index contributed by atoms with van der Waals surface area (Å²) < 4.78 is 40.7. The molecule has 0 heterocycles. The molecule has 100 valence electrons. The average Bonchev–Trinajstić information content (AvgIpc) is 2.25. The molecule has 5 heteroatoms. The normalized spacial score (nSPS) is 12.9. The van der Waals surface area contributed by atoms with Crippen LogP contribution in [0.25, 0.3) is 6.08 Å². The first-order chi connectivity index (χ1) is 8.33. The summed E-state index contributed by atoms with van der Waals surface area (Å²) in [6.07, 6.45) is -3.05. The van der Waals surface area contributed by atoms with E-state index < -0.39 is 6.36 Å². The molecule has 0 saturated heterocycles. The van der Waals surface area contributed by atoms with Gasteiger partial charge in [-0.1, -0.05) is 43.7 Å². The average molecular weight is 279 g/mol. The van der Waals surface area contributed by atoms with E-state index >= 15 is 0 Å². The minimum atomic E-state index is -4.69. The van der Waals surface area contributed by atoms with Gasteiger partial charge in [0.15, 0.2) is 0 Å². The maximum Gasteiger partial charge on any atom is 0.573 e. The number of allylic oxidation sites excluding steroid dienone is 1. The molecule has 1 rings (SSSR count). The molecule has 0 amide bonds. The fourth-order valence-corrected chi connectivity index (χ4v) is 1.76. The first kappa shape index (κ1) is 14.9. The molecular weight excluding hydrogens is 265 g/mol. The minimum absolute atomic E-state index is 0.168. The predicted octanol–water partition coefficient (Wildman–Crippen LogP) is 4.86. The van der Waals surface area contributed by atoms with Crippen LogP contribution in [0, 0.1) is 5.92 Å². The molecular formula is C13H14ClF3O. The standard InChI is InChI=1S/C13H14ClF3O/c1-9(2)11(8-14)7-10-5-3-4-6-12(10)18-13(15,16)17/h3-7,9H,8H2,1-2H3. The van der Waals surface area contributed by atoms with Crippen LogP contribution in [0.15, 0.2) is 29.8 Å². The Morgan fingerprint density at radius 1 is 1.33 bits per heavy atom. The largest absolute Gasteiger partial charge is 0.573 e. The van der Waals surface area contributed by atoms with Gasteiger partial charge in [-0.05, 0) is 12.0 Å². The number of rotatable bonds is 4. The second-order valence-electron chi connectivity index (χ2n) is 4.09. The van der Waals surface area contributed by atoms with Gasteiger partial charge in [0.1, 0.15) is 5.75 Å². The predicted molar refractivity (Wildman–Crippen MR) is 66.7 cm³/mol. The number of hydrogen-bond donors (Lipinski definition) is 0. The summed E-state index contributed by atoms with van der Waals surface area (Å²) in [4.78, 5) is 0. The Morgan fingerprint density at radius 2 is 1.94 bits per heavy atom. The molecule has 1 aromatic rings. The third kappa shape index (κ3) is 4.61. The van der Waals surface area contributed by atoms with Crippen LogP contribution < -0.4 is 4.74 Å². The Balaban J connectivity index is 3.09. The van der Waals surface area contributed by atoms with Crippen molar-refractivity contribution in [2.24, 2.45) is 5.92 Å². The van der Waals surface area contributed by atoms with E-state index in [0.717, 1.165) is 5.57 Å². The van der Waals surface area contributed by atoms with E-state index in [1.54, 1.807) is 18.2 Å². The van der Waals surface area contributed by atoms with E-state index in [1.807, 2.05) is 13.8 Å². The van der Waals surface area contributed by atoms with Crippen LogP contribution >= 0.6 is 11.6 Å². The van der Waals surface area contributed by atoms with E-state index in [9.17, 15) is 13.2 Å². The number of alkyl halides is 4. The molecule has 0 aromatic heterocycles. The van der Waals surface area contributed by atoms with Crippen molar-refractivity contribution in [3.63, 3.8) is 0 Å². The zero-order valence-corrected chi connectivity index (χ0v) is 10.8. The number of para-hydroxylation sites is 1. The van der Waals surface area contributed by atoms with Crippen molar-refractivity contribution in [2.75, 3.05) is 5.88 Å². The van der Waals surface area contributed by atoms with Crippen molar-refractivity contribution in [3.8, 4) is 5.75 Å². The number of halogens is 4. The van der Waals surface area contributed by atoms with Gasteiger partial charge in [-0.2, -0.15) is 0 Å². The van der Waals surface area contributed by atoms with E-state index in [0.29, 0.717) is 5.56 Å². The third-order valence-corrected chi connectivity index (χ3v) is 2.69. The van der Waals surface area contributed by atoms with Crippen molar-refractivity contribution in [3.05, 3.63) is 35.4 Å². The molecule has 0 aliphatic rings.